The molecule has 1 fully saturated rings. The van der Waals surface area contributed by atoms with Crippen molar-refractivity contribution < 1.29 is 18.7 Å². The number of ether oxygens (including phenoxy) is 1. The van der Waals surface area contributed by atoms with E-state index in [1.807, 2.05) is 13.8 Å². The first-order valence-corrected chi connectivity index (χ1v) is 12.1. The summed E-state index contributed by atoms with van der Waals surface area (Å²) in [5, 5.41) is 6.75. The predicted molar refractivity (Wildman–Crippen MR) is 128 cm³/mol. The summed E-state index contributed by atoms with van der Waals surface area (Å²) in [6, 6.07) is 4.76. The number of hydrogen-bond donors (Lipinski definition) is 2. The van der Waals surface area contributed by atoms with E-state index in [1.54, 1.807) is 12.1 Å². The minimum absolute atomic E-state index is 0.0395. The van der Waals surface area contributed by atoms with Gasteiger partial charge in [-0.3, -0.25) is 14.4 Å². The second-order valence-corrected chi connectivity index (χ2v) is 9.87. The van der Waals surface area contributed by atoms with Crippen molar-refractivity contribution in [1.29, 1.82) is 0 Å². The molecule has 2 aromatic heterocycles. The zero-order chi connectivity index (χ0) is 23.1. The van der Waals surface area contributed by atoms with Crippen molar-refractivity contribution in [2.24, 2.45) is 0 Å². The van der Waals surface area contributed by atoms with Crippen LogP contribution in [0, 0.1) is 13.8 Å². The van der Waals surface area contributed by atoms with Crippen molar-refractivity contribution in [3.05, 3.63) is 61.3 Å². The molecule has 2 aliphatic rings. The molecule has 0 saturated carbocycles. The van der Waals surface area contributed by atoms with E-state index in [4.69, 9.17) is 9.15 Å². The molecule has 0 radical (unpaired) electrons. The van der Waals surface area contributed by atoms with Crippen molar-refractivity contribution in [3.8, 4) is 0 Å². The number of anilines is 1. The van der Waals surface area contributed by atoms with E-state index in [9.17, 15) is 14.4 Å². The molecule has 0 unspecified atom stereocenters. The molecule has 8 heteroatoms. The third-order valence-corrected chi connectivity index (χ3v) is 7.66. The predicted octanol–water partition coefficient (Wildman–Crippen LogP) is 4.12. The van der Waals surface area contributed by atoms with Gasteiger partial charge in [0.05, 0.1) is 17.1 Å². The lowest BCUT2D eigenvalue weighted by Crippen LogP contribution is -2.32. The molecule has 3 aromatic rings. The lowest BCUT2D eigenvalue weighted by atomic mass is 10.1. The monoisotopic (exact) mass is 466 g/mol. The first-order valence-electron chi connectivity index (χ1n) is 11.3. The van der Waals surface area contributed by atoms with Crippen LogP contribution in [-0.4, -0.2) is 31.1 Å². The summed E-state index contributed by atoms with van der Waals surface area (Å²) in [6.07, 6.45) is 4.69. The van der Waals surface area contributed by atoms with Crippen LogP contribution in [0.5, 0.6) is 0 Å². The fourth-order valence-electron chi connectivity index (χ4n) is 4.52. The maximum atomic E-state index is 13.1. The molecule has 1 aliphatic heterocycles. The van der Waals surface area contributed by atoms with E-state index in [1.165, 1.54) is 17.4 Å². The summed E-state index contributed by atoms with van der Waals surface area (Å²) in [6.45, 7) is 5.04. The van der Waals surface area contributed by atoms with Gasteiger partial charge in [0.2, 0.25) is 0 Å². The van der Waals surface area contributed by atoms with Gasteiger partial charge in [0, 0.05) is 24.1 Å². The molecule has 0 bridgehead atoms. The second-order valence-electron chi connectivity index (χ2n) is 8.77. The van der Waals surface area contributed by atoms with Gasteiger partial charge in [-0.1, -0.05) is 0 Å². The zero-order valence-corrected chi connectivity index (χ0v) is 19.5. The van der Waals surface area contributed by atoms with Crippen LogP contribution in [-0.2, 0) is 17.6 Å². The maximum absolute atomic E-state index is 13.1. The van der Waals surface area contributed by atoms with Gasteiger partial charge in [0.25, 0.3) is 11.8 Å². The van der Waals surface area contributed by atoms with Gasteiger partial charge in [-0.25, -0.2) is 0 Å². The van der Waals surface area contributed by atoms with E-state index in [2.05, 4.69) is 10.6 Å². The molecule has 1 atom stereocenters. The summed E-state index contributed by atoms with van der Waals surface area (Å²) in [7, 11) is 0. The lowest BCUT2D eigenvalue weighted by molar-refractivity contribution is 0.0858. The second kappa shape index (κ2) is 8.76. The lowest BCUT2D eigenvalue weighted by Gasteiger charge is -2.12. The third-order valence-electron chi connectivity index (χ3n) is 6.46. The Labute approximate surface area is 195 Å². The molecule has 7 nitrogen and oxygen atoms in total. The van der Waals surface area contributed by atoms with Crippen molar-refractivity contribution in [3.63, 3.8) is 0 Å². The Morgan fingerprint density at radius 1 is 1.09 bits per heavy atom. The topological polar surface area (TPSA) is 97.6 Å². The molecule has 1 aromatic carbocycles. The number of hydrogen-bond acceptors (Lipinski definition) is 6. The average Bonchev–Trinajstić information content (AvgIpc) is 3.51. The summed E-state index contributed by atoms with van der Waals surface area (Å²) in [5.74, 6) is -0.818. The Hall–Kier alpha value is -2.97. The normalized spacial score (nSPS) is 17.3. The van der Waals surface area contributed by atoms with Crippen LogP contribution >= 0.6 is 11.3 Å². The van der Waals surface area contributed by atoms with Gasteiger partial charge in [-0.05, 0) is 74.8 Å². The van der Waals surface area contributed by atoms with Crippen LogP contribution in [0.2, 0.25) is 0 Å². The van der Waals surface area contributed by atoms with Gasteiger partial charge in [0.15, 0.2) is 11.2 Å². The fourth-order valence-corrected chi connectivity index (χ4v) is 5.80. The highest BCUT2D eigenvalue weighted by atomic mass is 32.1. The minimum Gasteiger partial charge on any atom is -0.451 e. The van der Waals surface area contributed by atoms with Crippen LogP contribution in [0.25, 0.3) is 11.0 Å². The first kappa shape index (κ1) is 21.9. The molecular formula is C25H26N2O5S. The number of amides is 2. The van der Waals surface area contributed by atoms with E-state index in [0.717, 1.165) is 60.3 Å². The Balaban J connectivity index is 1.42. The van der Waals surface area contributed by atoms with Crippen LogP contribution in [0.4, 0.5) is 5.00 Å². The Kier molecular flexibility index (Phi) is 5.80. The summed E-state index contributed by atoms with van der Waals surface area (Å²) < 4.78 is 11.4. The van der Waals surface area contributed by atoms with Gasteiger partial charge in [-0.15, -0.1) is 11.3 Å². The number of rotatable bonds is 5. The van der Waals surface area contributed by atoms with E-state index < -0.39 is 5.91 Å². The molecule has 0 spiro atoms. The largest absolute Gasteiger partial charge is 0.451 e. The van der Waals surface area contributed by atoms with Gasteiger partial charge >= 0.3 is 0 Å². The average molecular weight is 467 g/mol. The number of fused-ring (bicyclic) bond motifs is 2. The standard InChI is InChI=1S/C25H26N2O5S/c1-13-9-17-18(28)11-20(32-19(17)10-14(13)2)23(29)27-25-22(16-6-3-7-21(16)33-25)24(30)26-12-15-5-4-8-31-15/h9-11,15H,3-8,12H2,1-2H3,(H,26,30)(H,27,29)/t15-/m0/s1. The molecule has 3 heterocycles. The number of thiophene rings is 1. The molecule has 5 rings (SSSR count). The van der Waals surface area contributed by atoms with Gasteiger partial charge in [-0.2, -0.15) is 0 Å². The van der Waals surface area contributed by atoms with Crippen molar-refractivity contribution in [2.75, 3.05) is 18.5 Å². The Bertz CT molecular complexity index is 1320. The molecule has 1 aliphatic carbocycles. The van der Waals surface area contributed by atoms with E-state index in [-0.39, 0.29) is 23.2 Å². The molecular weight excluding hydrogens is 440 g/mol. The minimum atomic E-state index is -0.541. The SMILES string of the molecule is Cc1cc2oc(C(=O)Nc3sc4c(c3C(=O)NC[C@@H]3CCCO3)CCC4)cc(=O)c2cc1C. The van der Waals surface area contributed by atoms with Crippen LogP contribution < -0.4 is 16.1 Å². The zero-order valence-electron chi connectivity index (χ0n) is 18.7. The number of carbonyl (C=O) groups excluding carboxylic acids is 2. The molecule has 1 saturated heterocycles. The number of nitrogens with one attached hydrogen (secondary N) is 2. The highest BCUT2D eigenvalue weighted by Gasteiger charge is 2.29. The summed E-state index contributed by atoms with van der Waals surface area (Å²) in [4.78, 5) is 39.8. The molecule has 2 N–H and O–H groups in total. The van der Waals surface area contributed by atoms with E-state index >= 15 is 0 Å². The van der Waals surface area contributed by atoms with E-state index in [0.29, 0.717) is 28.1 Å². The number of carbonyl (C=O) groups is 2. The molecule has 2 amide bonds. The van der Waals surface area contributed by atoms with Crippen LogP contribution in [0.1, 0.15) is 61.7 Å². The van der Waals surface area contributed by atoms with Gasteiger partial charge < -0.3 is 19.8 Å². The van der Waals surface area contributed by atoms with Crippen molar-refractivity contribution >= 4 is 39.1 Å². The van der Waals surface area contributed by atoms with Crippen molar-refractivity contribution in [2.45, 2.75) is 52.1 Å². The molecule has 172 valence electrons. The smallest absolute Gasteiger partial charge is 0.292 e. The fraction of sp³-hybridized carbons (Fsp3) is 0.400. The number of benzene rings is 1. The first-order chi connectivity index (χ1) is 15.9. The van der Waals surface area contributed by atoms with Gasteiger partial charge in [0.1, 0.15) is 10.6 Å². The quantitative estimate of drug-likeness (QED) is 0.590. The maximum Gasteiger partial charge on any atom is 0.292 e. The molecule has 33 heavy (non-hydrogen) atoms. The van der Waals surface area contributed by atoms with Crippen LogP contribution in [0.3, 0.4) is 0 Å². The van der Waals surface area contributed by atoms with Crippen LogP contribution in [0.15, 0.2) is 27.4 Å². The summed E-state index contributed by atoms with van der Waals surface area (Å²) >= 11 is 1.43. The van der Waals surface area contributed by atoms with Crippen molar-refractivity contribution in [1.82, 2.24) is 5.32 Å². The highest BCUT2D eigenvalue weighted by Crippen LogP contribution is 2.39. The number of aryl methyl sites for hydroxylation is 3. The Morgan fingerprint density at radius 3 is 2.70 bits per heavy atom. The Morgan fingerprint density at radius 2 is 1.91 bits per heavy atom. The summed E-state index contributed by atoms with van der Waals surface area (Å²) in [5.41, 5.74) is 3.59. The third kappa shape index (κ3) is 4.20. The highest BCUT2D eigenvalue weighted by molar-refractivity contribution is 7.17.